The third kappa shape index (κ3) is 4.69. The van der Waals surface area contributed by atoms with Gasteiger partial charge in [0, 0.05) is 16.7 Å². The number of hydrogen-bond acceptors (Lipinski definition) is 6. The average Bonchev–Trinajstić information content (AvgIpc) is 2.59. The lowest BCUT2D eigenvalue weighted by molar-refractivity contribution is -0.385. The van der Waals surface area contributed by atoms with Crippen LogP contribution in [0.3, 0.4) is 0 Å². The number of nitro benzene ring substituents is 1. The fraction of sp³-hybridized carbons (Fsp3) is 0.188. The molecule has 0 fully saturated rings. The van der Waals surface area contributed by atoms with Crippen molar-refractivity contribution in [3.8, 4) is 5.75 Å². The lowest BCUT2D eigenvalue weighted by Gasteiger charge is -2.08. The highest BCUT2D eigenvalue weighted by atomic mass is 32.2. The second kappa shape index (κ2) is 8.30. The monoisotopic (exact) mass is 351 g/mol. The van der Waals surface area contributed by atoms with E-state index in [9.17, 15) is 19.3 Å². The van der Waals surface area contributed by atoms with Crippen molar-refractivity contribution in [3.05, 3.63) is 64.0 Å². The molecule has 0 bridgehead atoms. The van der Waals surface area contributed by atoms with Crippen LogP contribution in [0.25, 0.3) is 0 Å². The maximum absolute atomic E-state index is 12.8. The highest BCUT2D eigenvalue weighted by Gasteiger charge is 2.19. The van der Waals surface area contributed by atoms with Gasteiger partial charge in [-0.05, 0) is 36.4 Å². The summed E-state index contributed by atoms with van der Waals surface area (Å²) in [6, 6.07) is 9.91. The normalized spacial score (nSPS) is 10.2. The molecule has 0 aliphatic rings. The van der Waals surface area contributed by atoms with Gasteiger partial charge in [-0.1, -0.05) is 0 Å². The summed E-state index contributed by atoms with van der Waals surface area (Å²) in [6.07, 6.45) is 0. The van der Waals surface area contributed by atoms with E-state index in [4.69, 9.17) is 4.74 Å². The van der Waals surface area contributed by atoms with Crippen molar-refractivity contribution in [1.82, 2.24) is 0 Å². The van der Waals surface area contributed by atoms with E-state index in [-0.39, 0.29) is 29.4 Å². The molecule has 2 rings (SSSR count). The first-order valence-corrected chi connectivity index (χ1v) is 7.87. The van der Waals surface area contributed by atoms with Crippen LogP contribution >= 0.6 is 11.8 Å². The Morgan fingerprint density at radius 3 is 2.58 bits per heavy atom. The molecule has 0 atom stereocenters. The lowest BCUT2D eigenvalue weighted by atomic mass is 10.2. The van der Waals surface area contributed by atoms with Gasteiger partial charge in [0.25, 0.3) is 0 Å². The molecule has 8 heteroatoms. The number of carbonyl (C=O) groups excluding carboxylic acids is 1. The molecular formula is C16H14FNO5S. The molecule has 0 aromatic heterocycles. The molecule has 24 heavy (non-hydrogen) atoms. The zero-order chi connectivity index (χ0) is 17.5. The lowest BCUT2D eigenvalue weighted by Crippen LogP contribution is -2.06. The molecule has 0 radical (unpaired) electrons. The molecule has 0 aliphatic carbocycles. The Balaban J connectivity index is 1.97. The van der Waals surface area contributed by atoms with E-state index < -0.39 is 10.9 Å². The molecule has 2 aromatic carbocycles. The van der Waals surface area contributed by atoms with Crippen LogP contribution in [0.1, 0.15) is 10.4 Å². The summed E-state index contributed by atoms with van der Waals surface area (Å²) >= 11 is 1.44. The molecule has 0 saturated heterocycles. The van der Waals surface area contributed by atoms with Crippen LogP contribution in [0.5, 0.6) is 5.75 Å². The minimum atomic E-state index is -0.656. The molecule has 6 nitrogen and oxygen atoms in total. The molecule has 0 unspecified atom stereocenters. The molecule has 0 amide bonds. The first-order valence-electron chi connectivity index (χ1n) is 6.89. The van der Waals surface area contributed by atoms with Gasteiger partial charge in [-0.15, -0.1) is 11.8 Å². The smallest absolute Gasteiger partial charge is 0.338 e. The number of esters is 1. The highest BCUT2D eigenvalue weighted by Crippen LogP contribution is 2.28. The molecule has 0 aliphatic heterocycles. The second-order valence-electron chi connectivity index (χ2n) is 4.58. The fourth-order valence-corrected chi connectivity index (χ4v) is 2.60. The van der Waals surface area contributed by atoms with Crippen LogP contribution in [-0.4, -0.2) is 30.4 Å². The van der Waals surface area contributed by atoms with Gasteiger partial charge in [0.15, 0.2) is 5.75 Å². The number of thioether (sulfide) groups is 1. The molecule has 2 aromatic rings. The topological polar surface area (TPSA) is 78.7 Å². The minimum Gasteiger partial charge on any atom is -0.486 e. The predicted molar refractivity (Wildman–Crippen MR) is 87.1 cm³/mol. The molecular weight excluding hydrogens is 337 g/mol. The number of methoxy groups -OCH3 is 1. The van der Waals surface area contributed by atoms with Crippen molar-refractivity contribution in [3.63, 3.8) is 0 Å². The van der Waals surface area contributed by atoms with E-state index in [0.29, 0.717) is 5.75 Å². The number of carbonyl (C=O) groups is 1. The standard InChI is InChI=1S/C16H14FNO5S/c1-22-16(19)11-2-7-15(14(10-11)18(20)21)23-8-9-24-13-5-3-12(17)4-6-13/h2-7,10H,8-9H2,1H3. The molecule has 0 saturated carbocycles. The summed E-state index contributed by atoms with van der Waals surface area (Å²) in [4.78, 5) is 22.8. The van der Waals surface area contributed by atoms with E-state index in [1.54, 1.807) is 12.1 Å². The summed E-state index contributed by atoms with van der Waals surface area (Å²) in [6.45, 7) is 0.223. The van der Waals surface area contributed by atoms with E-state index in [1.807, 2.05) is 0 Å². The number of nitro groups is 1. The van der Waals surface area contributed by atoms with Crippen molar-refractivity contribution >= 4 is 23.4 Å². The fourth-order valence-electron chi connectivity index (χ4n) is 1.87. The van der Waals surface area contributed by atoms with E-state index >= 15 is 0 Å². The Bertz CT molecular complexity index is 736. The Kier molecular flexibility index (Phi) is 6.14. The van der Waals surface area contributed by atoms with Gasteiger partial charge in [0.05, 0.1) is 24.2 Å². The number of halogens is 1. The van der Waals surface area contributed by atoms with Gasteiger partial charge in [-0.25, -0.2) is 9.18 Å². The quantitative estimate of drug-likeness (QED) is 0.249. The maximum atomic E-state index is 12.8. The van der Waals surface area contributed by atoms with Crippen LogP contribution in [-0.2, 0) is 4.74 Å². The largest absolute Gasteiger partial charge is 0.486 e. The van der Waals surface area contributed by atoms with Crippen molar-refractivity contribution in [1.29, 1.82) is 0 Å². The first-order chi connectivity index (χ1) is 11.5. The van der Waals surface area contributed by atoms with E-state index in [0.717, 1.165) is 11.0 Å². The Morgan fingerprint density at radius 1 is 1.25 bits per heavy atom. The van der Waals surface area contributed by atoms with Crippen molar-refractivity contribution in [2.45, 2.75) is 4.90 Å². The SMILES string of the molecule is COC(=O)c1ccc(OCCSc2ccc(F)cc2)c([N+](=O)[O-])c1. The molecule has 126 valence electrons. The van der Waals surface area contributed by atoms with E-state index in [2.05, 4.69) is 4.74 Å². The molecule has 0 spiro atoms. The number of benzene rings is 2. The van der Waals surface area contributed by atoms with Gasteiger partial charge >= 0.3 is 11.7 Å². The van der Waals surface area contributed by atoms with Crippen LogP contribution < -0.4 is 4.74 Å². The Morgan fingerprint density at radius 2 is 1.96 bits per heavy atom. The van der Waals surface area contributed by atoms with Gasteiger partial charge in [-0.2, -0.15) is 0 Å². The zero-order valence-corrected chi connectivity index (χ0v) is 13.5. The van der Waals surface area contributed by atoms with Crippen molar-refractivity contribution in [2.24, 2.45) is 0 Å². The molecule has 0 heterocycles. The van der Waals surface area contributed by atoms with Gasteiger partial charge in [0.2, 0.25) is 0 Å². The van der Waals surface area contributed by atoms with E-state index in [1.165, 1.54) is 43.1 Å². The summed E-state index contributed by atoms with van der Waals surface area (Å²) < 4.78 is 22.8. The Hall–Kier alpha value is -2.61. The third-order valence-electron chi connectivity index (χ3n) is 3.00. The van der Waals surface area contributed by atoms with Crippen LogP contribution in [0.15, 0.2) is 47.4 Å². The summed E-state index contributed by atoms with van der Waals surface area (Å²) in [5, 5.41) is 11.1. The van der Waals surface area contributed by atoms with Crippen LogP contribution in [0.4, 0.5) is 10.1 Å². The number of nitrogens with zero attached hydrogens (tertiary/aromatic N) is 1. The predicted octanol–water partition coefficient (Wildman–Crippen LogP) is 3.69. The first kappa shape index (κ1) is 17.7. The second-order valence-corrected chi connectivity index (χ2v) is 5.75. The van der Waals surface area contributed by atoms with Crippen LogP contribution in [0.2, 0.25) is 0 Å². The van der Waals surface area contributed by atoms with Crippen molar-refractivity contribution in [2.75, 3.05) is 19.5 Å². The minimum absolute atomic E-state index is 0.0763. The number of rotatable bonds is 7. The summed E-state index contributed by atoms with van der Waals surface area (Å²) in [7, 11) is 1.20. The summed E-state index contributed by atoms with van der Waals surface area (Å²) in [5.74, 6) is -0.359. The van der Waals surface area contributed by atoms with Gasteiger partial charge < -0.3 is 9.47 Å². The average molecular weight is 351 g/mol. The Labute approximate surface area is 141 Å². The van der Waals surface area contributed by atoms with Crippen molar-refractivity contribution < 1.29 is 23.6 Å². The van der Waals surface area contributed by atoms with Crippen LogP contribution in [0, 0.1) is 15.9 Å². The third-order valence-corrected chi connectivity index (χ3v) is 3.98. The summed E-state index contributed by atoms with van der Waals surface area (Å²) in [5.41, 5.74) is -0.220. The van der Waals surface area contributed by atoms with Gasteiger partial charge in [-0.3, -0.25) is 10.1 Å². The maximum Gasteiger partial charge on any atom is 0.338 e. The van der Waals surface area contributed by atoms with Gasteiger partial charge in [0.1, 0.15) is 5.82 Å². The highest BCUT2D eigenvalue weighted by molar-refractivity contribution is 7.99. The number of hydrogen-bond donors (Lipinski definition) is 0. The zero-order valence-electron chi connectivity index (χ0n) is 12.7. The number of ether oxygens (including phenoxy) is 2. The molecule has 0 N–H and O–H groups in total.